The second-order valence-corrected chi connectivity index (χ2v) is 3.43. The minimum atomic E-state index is -4.84. The van der Waals surface area contributed by atoms with Gasteiger partial charge in [0.05, 0.1) is 10.5 Å². The standard InChI is InChI=1S/C9H4F3N3O4/c10-9(11,12)6-3-4(15(17)18)1-2-5(6)7-13-8(16)19-14-7/h1-3H,(H,13,14,16). The van der Waals surface area contributed by atoms with Gasteiger partial charge in [-0.1, -0.05) is 5.16 Å². The molecule has 19 heavy (non-hydrogen) atoms. The first-order valence-electron chi connectivity index (χ1n) is 4.71. The molecule has 0 radical (unpaired) electrons. The number of nitro groups is 1. The van der Waals surface area contributed by atoms with Crippen molar-refractivity contribution in [3.8, 4) is 11.4 Å². The first-order chi connectivity index (χ1) is 8.79. The second kappa shape index (κ2) is 4.23. The lowest BCUT2D eigenvalue weighted by atomic mass is 10.1. The van der Waals surface area contributed by atoms with Gasteiger partial charge in [0.25, 0.3) is 5.69 Å². The van der Waals surface area contributed by atoms with Crippen molar-refractivity contribution >= 4 is 5.69 Å². The van der Waals surface area contributed by atoms with E-state index < -0.39 is 39.5 Å². The van der Waals surface area contributed by atoms with E-state index in [1.807, 2.05) is 4.98 Å². The Morgan fingerprint density at radius 2 is 2.05 bits per heavy atom. The fourth-order valence-corrected chi connectivity index (χ4v) is 1.43. The summed E-state index contributed by atoms with van der Waals surface area (Å²) in [5, 5.41) is 13.6. The van der Waals surface area contributed by atoms with Crippen LogP contribution in [-0.2, 0) is 6.18 Å². The Kier molecular flexibility index (Phi) is 2.85. The number of aromatic amines is 1. The summed E-state index contributed by atoms with van der Waals surface area (Å²) in [5.41, 5.74) is -2.52. The number of rotatable bonds is 2. The van der Waals surface area contributed by atoms with E-state index in [4.69, 9.17) is 0 Å². The average molecular weight is 275 g/mol. The Balaban J connectivity index is 2.67. The highest BCUT2D eigenvalue weighted by atomic mass is 19.4. The van der Waals surface area contributed by atoms with Crippen molar-refractivity contribution in [2.24, 2.45) is 0 Å². The molecule has 0 fully saturated rings. The molecule has 1 heterocycles. The lowest BCUT2D eigenvalue weighted by Crippen LogP contribution is -2.09. The predicted molar refractivity (Wildman–Crippen MR) is 54.2 cm³/mol. The Morgan fingerprint density at radius 1 is 1.37 bits per heavy atom. The van der Waals surface area contributed by atoms with Crippen LogP contribution in [0.2, 0.25) is 0 Å². The summed E-state index contributed by atoms with van der Waals surface area (Å²) in [6.07, 6.45) is -4.84. The molecule has 10 heteroatoms. The number of nitrogens with one attached hydrogen (secondary N) is 1. The molecule has 2 aromatic rings. The van der Waals surface area contributed by atoms with Crippen molar-refractivity contribution in [2.75, 3.05) is 0 Å². The maximum Gasteiger partial charge on any atom is 0.439 e. The van der Waals surface area contributed by atoms with E-state index in [2.05, 4.69) is 9.68 Å². The second-order valence-electron chi connectivity index (χ2n) is 3.43. The molecule has 2 rings (SSSR count). The van der Waals surface area contributed by atoms with E-state index in [1.54, 1.807) is 0 Å². The minimum absolute atomic E-state index is 0.363. The molecule has 7 nitrogen and oxygen atoms in total. The van der Waals surface area contributed by atoms with Crippen LogP contribution in [-0.4, -0.2) is 15.1 Å². The van der Waals surface area contributed by atoms with Gasteiger partial charge >= 0.3 is 11.9 Å². The molecule has 0 saturated carbocycles. The largest absolute Gasteiger partial charge is 0.439 e. The summed E-state index contributed by atoms with van der Waals surface area (Å²) in [7, 11) is 0. The summed E-state index contributed by atoms with van der Waals surface area (Å²) < 4.78 is 42.5. The fourth-order valence-electron chi connectivity index (χ4n) is 1.43. The van der Waals surface area contributed by atoms with Crippen molar-refractivity contribution in [3.63, 3.8) is 0 Å². The van der Waals surface area contributed by atoms with Crippen molar-refractivity contribution in [1.82, 2.24) is 10.1 Å². The van der Waals surface area contributed by atoms with E-state index >= 15 is 0 Å². The lowest BCUT2D eigenvalue weighted by Gasteiger charge is -2.10. The van der Waals surface area contributed by atoms with Crippen molar-refractivity contribution < 1.29 is 22.6 Å². The zero-order chi connectivity index (χ0) is 14.2. The number of alkyl halides is 3. The highest BCUT2D eigenvalue weighted by Crippen LogP contribution is 2.37. The van der Waals surface area contributed by atoms with E-state index in [0.717, 1.165) is 12.1 Å². The van der Waals surface area contributed by atoms with Crippen LogP contribution in [0.15, 0.2) is 27.5 Å². The van der Waals surface area contributed by atoms with Gasteiger partial charge in [-0.25, -0.2) is 4.79 Å². The van der Waals surface area contributed by atoms with Gasteiger partial charge in [-0.2, -0.15) is 13.2 Å². The molecule has 100 valence electrons. The number of nitrogens with zero attached hydrogens (tertiary/aromatic N) is 2. The lowest BCUT2D eigenvalue weighted by molar-refractivity contribution is -0.385. The van der Waals surface area contributed by atoms with Gasteiger partial charge in [0.1, 0.15) is 0 Å². The molecule has 0 spiro atoms. The third-order valence-corrected chi connectivity index (χ3v) is 2.21. The molecule has 0 atom stereocenters. The van der Waals surface area contributed by atoms with Gasteiger partial charge in [-0.05, 0) is 6.07 Å². The number of hydrogen-bond donors (Lipinski definition) is 1. The Morgan fingerprint density at radius 3 is 2.53 bits per heavy atom. The Hall–Kier alpha value is -2.65. The van der Waals surface area contributed by atoms with Crippen LogP contribution in [0.3, 0.4) is 0 Å². The zero-order valence-corrected chi connectivity index (χ0v) is 8.89. The van der Waals surface area contributed by atoms with Crippen molar-refractivity contribution in [2.45, 2.75) is 6.18 Å². The van der Waals surface area contributed by atoms with Gasteiger partial charge in [-0.3, -0.25) is 19.6 Å². The fraction of sp³-hybridized carbons (Fsp3) is 0.111. The molecule has 1 aromatic heterocycles. The maximum absolute atomic E-state index is 12.8. The van der Waals surface area contributed by atoms with Crippen LogP contribution >= 0.6 is 0 Å². The molecule has 0 bridgehead atoms. The SMILES string of the molecule is O=c1[nH]c(-c2ccc([N+](=O)[O-])cc2C(F)(F)F)no1. The summed E-state index contributed by atoms with van der Waals surface area (Å²) in [4.78, 5) is 22.2. The van der Waals surface area contributed by atoms with E-state index in [0.29, 0.717) is 6.07 Å². The van der Waals surface area contributed by atoms with Crippen LogP contribution in [0.25, 0.3) is 11.4 Å². The van der Waals surface area contributed by atoms with Gasteiger partial charge < -0.3 is 0 Å². The molecule has 0 saturated heterocycles. The normalized spacial score (nSPS) is 11.5. The molecular formula is C9H4F3N3O4. The van der Waals surface area contributed by atoms with Gasteiger partial charge in [0, 0.05) is 17.7 Å². The minimum Gasteiger partial charge on any atom is -0.296 e. The molecule has 0 amide bonds. The maximum atomic E-state index is 12.8. The van der Waals surface area contributed by atoms with E-state index in [1.165, 1.54) is 0 Å². The predicted octanol–water partition coefficient (Wildman–Crippen LogP) is 1.96. The average Bonchev–Trinajstić information content (AvgIpc) is 2.73. The number of hydrogen-bond acceptors (Lipinski definition) is 5. The third kappa shape index (κ3) is 2.46. The first kappa shape index (κ1) is 12.8. The van der Waals surface area contributed by atoms with Crippen LogP contribution in [0, 0.1) is 10.1 Å². The quantitative estimate of drug-likeness (QED) is 0.666. The highest BCUT2D eigenvalue weighted by Gasteiger charge is 2.36. The van der Waals surface area contributed by atoms with E-state index in [9.17, 15) is 28.1 Å². The highest BCUT2D eigenvalue weighted by molar-refractivity contribution is 5.63. The van der Waals surface area contributed by atoms with Crippen LogP contribution in [0.4, 0.5) is 18.9 Å². The molecule has 0 aliphatic carbocycles. The molecular weight excluding hydrogens is 271 g/mol. The van der Waals surface area contributed by atoms with Crippen LogP contribution in [0.1, 0.15) is 5.56 Å². The molecule has 1 aromatic carbocycles. The topological polar surface area (TPSA) is 102 Å². The number of non-ortho nitro benzene ring substituents is 1. The Bertz CT molecular complexity index is 689. The van der Waals surface area contributed by atoms with Crippen molar-refractivity contribution in [3.05, 3.63) is 44.4 Å². The van der Waals surface area contributed by atoms with Crippen LogP contribution in [0.5, 0.6) is 0 Å². The van der Waals surface area contributed by atoms with Crippen LogP contribution < -0.4 is 5.76 Å². The Labute approximate surface area is 101 Å². The summed E-state index contributed by atoms with van der Waals surface area (Å²) in [5.74, 6) is -1.48. The third-order valence-electron chi connectivity index (χ3n) is 2.21. The van der Waals surface area contributed by atoms with Gasteiger partial charge in [-0.15, -0.1) is 0 Å². The monoisotopic (exact) mass is 275 g/mol. The summed E-state index contributed by atoms with van der Waals surface area (Å²) in [6, 6.07) is 2.08. The number of benzene rings is 1. The van der Waals surface area contributed by atoms with Gasteiger partial charge in [0.2, 0.25) is 0 Å². The number of aromatic nitrogens is 2. The summed E-state index contributed by atoms with van der Waals surface area (Å²) in [6.45, 7) is 0. The van der Waals surface area contributed by atoms with Gasteiger partial charge in [0.15, 0.2) is 5.82 Å². The van der Waals surface area contributed by atoms with E-state index in [-0.39, 0.29) is 0 Å². The number of H-pyrrole nitrogens is 1. The molecule has 1 N–H and O–H groups in total. The molecule has 0 aliphatic heterocycles. The number of halogens is 3. The zero-order valence-electron chi connectivity index (χ0n) is 8.89. The molecule has 0 aliphatic rings. The first-order valence-corrected chi connectivity index (χ1v) is 4.71. The smallest absolute Gasteiger partial charge is 0.296 e. The number of nitro benzene ring substituents is 1. The molecule has 0 unspecified atom stereocenters. The van der Waals surface area contributed by atoms with Crippen molar-refractivity contribution in [1.29, 1.82) is 0 Å². The summed E-state index contributed by atoms with van der Waals surface area (Å²) >= 11 is 0.